The molecule has 9 nitrogen and oxygen atoms in total. The number of nitrogens with two attached hydrogens (primary N) is 2. The van der Waals surface area contributed by atoms with Crippen molar-refractivity contribution in [3.63, 3.8) is 0 Å². The molecule has 1 aromatic heterocycles. The van der Waals surface area contributed by atoms with E-state index in [9.17, 15) is 0 Å². The minimum absolute atomic E-state index is 0.485. The van der Waals surface area contributed by atoms with Gasteiger partial charge in [0.1, 0.15) is 11.6 Å². The molecular formula is C12H24N8O. The molecule has 0 saturated carbocycles. The van der Waals surface area contributed by atoms with Crippen LogP contribution in [-0.4, -0.2) is 74.5 Å². The van der Waals surface area contributed by atoms with E-state index >= 15 is 0 Å². The van der Waals surface area contributed by atoms with Crippen molar-refractivity contribution in [3.8, 4) is 0 Å². The van der Waals surface area contributed by atoms with Crippen molar-refractivity contribution in [2.75, 3.05) is 64.2 Å². The van der Waals surface area contributed by atoms with E-state index in [0.717, 1.165) is 13.1 Å². The number of aromatic nitrogens is 2. The first-order valence-electron chi connectivity index (χ1n) is 6.84. The van der Waals surface area contributed by atoms with Crippen molar-refractivity contribution in [1.29, 1.82) is 0 Å². The topological polar surface area (TPSA) is 104 Å². The number of likely N-dealkylation sites (N-methyl/N-ethyl adjacent to an activating group) is 2. The molecule has 1 aliphatic rings. The van der Waals surface area contributed by atoms with Crippen LogP contribution in [-0.2, 0) is 0 Å². The van der Waals surface area contributed by atoms with E-state index in [1.54, 1.807) is 0 Å². The van der Waals surface area contributed by atoms with Crippen LogP contribution in [0, 0.1) is 0 Å². The molecule has 0 radical (unpaired) electrons. The Morgan fingerprint density at radius 1 is 0.857 bits per heavy atom. The molecule has 0 atom stereocenters. The summed E-state index contributed by atoms with van der Waals surface area (Å²) in [6, 6.07) is 0. The standard InChI is InChI=1S/C12H24N8O/c1-17(2)5-7-19-9(13)10(14)20(8-6-18(3)4)12-11(19)15-21-16-12/h5-8,13-14H2,1-4H3. The normalized spacial score (nSPS) is 15.3. The Morgan fingerprint density at radius 3 is 1.57 bits per heavy atom. The van der Waals surface area contributed by atoms with Crippen molar-refractivity contribution in [1.82, 2.24) is 20.1 Å². The van der Waals surface area contributed by atoms with Gasteiger partial charge in [0, 0.05) is 26.2 Å². The zero-order valence-electron chi connectivity index (χ0n) is 13.1. The SMILES string of the molecule is CN(C)CCN1C(N)=C(N)N(CCN(C)C)c2nonc21. The number of hydrogen-bond acceptors (Lipinski definition) is 9. The van der Waals surface area contributed by atoms with Crippen molar-refractivity contribution in [3.05, 3.63) is 11.6 Å². The van der Waals surface area contributed by atoms with E-state index in [1.807, 2.05) is 38.0 Å². The van der Waals surface area contributed by atoms with E-state index in [4.69, 9.17) is 16.1 Å². The van der Waals surface area contributed by atoms with Crippen LogP contribution < -0.4 is 21.3 Å². The molecule has 9 heteroatoms. The molecule has 0 aromatic carbocycles. The average molecular weight is 296 g/mol. The smallest absolute Gasteiger partial charge is 0.224 e. The summed E-state index contributed by atoms with van der Waals surface area (Å²) in [6.07, 6.45) is 0. The Balaban J connectivity index is 2.25. The maximum Gasteiger partial charge on any atom is 0.224 e. The molecule has 4 N–H and O–H groups in total. The average Bonchev–Trinajstić information content (AvgIpc) is 2.87. The van der Waals surface area contributed by atoms with Gasteiger partial charge < -0.3 is 31.1 Å². The third-order valence-electron chi connectivity index (χ3n) is 3.35. The number of anilines is 2. The predicted octanol–water partition coefficient (Wildman–Crippen LogP) is -1.14. The molecule has 2 heterocycles. The summed E-state index contributed by atoms with van der Waals surface area (Å²) in [7, 11) is 7.99. The molecule has 1 aliphatic heterocycles. The third-order valence-corrected chi connectivity index (χ3v) is 3.35. The lowest BCUT2D eigenvalue weighted by molar-refractivity contribution is 0.308. The van der Waals surface area contributed by atoms with Crippen LogP contribution in [0.2, 0.25) is 0 Å². The first-order chi connectivity index (χ1) is 9.91. The van der Waals surface area contributed by atoms with Gasteiger partial charge in [-0.25, -0.2) is 4.63 Å². The van der Waals surface area contributed by atoms with Gasteiger partial charge in [0.15, 0.2) is 0 Å². The summed E-state index contributed by atoms with van der Waals surface area (Å²) in [5, 5.41) is 7.95. The molecule has 0 amide bonds. The molecule has 118 valence electrons. The van der Waals surface area contributed by atoms with E-state index < -0.39 is 0 Å². The highest BCUT2D eigenvalue weighted by Gasteiger charge is 2.32. The molecule has 0 fully saturated rings. The van der Waals surface area contributed by atoms with Gasteiger partial charge in [0.25, 0.3) is 0 Å². The van der Waals surface area contributed by atoms with Crippen LogP contribution in [0.15, 0.2) is 16.3 Å². The zero-order valence-corrected chi connectivity index (χ0v) is 13.1. The Bertz CT molecular complexity index is 467. The summed E-state index contributed by atoms with van der Waals surface area (Å²) in [5.41, 5.74) is 12.4. The number of nitrogens with zero attached hydrogens (tertiary/aromatic N) is 6. The monoisotopic (exact) mass is 296 g/mol. The van der Waals surface area contributed by atoms with Crippen molar-refractivity contribution < 1.29 is 4.63 Å². The van der Waals surface area contributed by atoms with Crippen molar-refractivity contribution in [2.24, 2.45) is 11.5 Å². The Hall–Kier alpha value is -2.00. The number of rotatable bonds is 6. The molecule has 0 saturated heterocycles. The quantitative estimate of drug-likeness (QED) is 0.674. The first kappa shape index (κ1) is 15.4. The lowest BCUT2D eigenvalue weighted by atomic mass is 10.3. The van der Waals surface area contributed by atoms with Crippen LogP contribution in [0.4, 0.5) is 11.6 Å². The molecule has 0 bridgehead atoms. The second-order valence-electron chi connectivity index (χ2n) is 5.59. The maximum atomic E-state index is 6.18. The highest BCUT2D eigenvalue weighted by atomic mass is 16.6. The summed E-state index contributed by atoms with van der Waals surface area (Å²) < 4.78 is 4.89. The fourth-order valence-electron chi connectivity index (χ4n) is 2.08. The Kier molecular flexibility index (Phi) is 4.53. The van der Waals surface area contributed by atoms with Crippen LogP contribution in [0.25, 0.3) is 0 Å². The Labute approximate surface area is 124 Å². The van der Waals surface area contributed by atoms with E-state index in [1.165, 1.54) is 0 Å². The molecule has 0 unspecified atom stereocenters. The van der Waals surface area contributed by atoms with Gasteiger partial charge >= 0.3 is 0 Å². The fourth-order valence-corrected chi connectivity index (χ4v) is 2.08. The van der Waals surface area contributed by atoms with E-state index in [2.05, 4.69) is 20.1 Å². The zero-order chi connectivity index (χ0) is 15.6. The molecular weight excluding hydrogens is 272 g/mol. The summed E-state index contributed by atoms with van der Waals surface area (Å²) in [4.78, 5) is 7.81. The lowest BCUT2D eigenvalue weighted by Crippen LogP contribution is -2.46. The van der Waals surface area contributed by atoms with E-state index in [0.29, 0.717) is 36.4 Å². The fraction of sp³-hybridized carbons (Fsp3) is 0.667. The third kappa shape index (κ3) is 3.19. The minimum Gasteiger partial charge on any atom is -0.382 e. The maximum absolute atomic E-state index is 6.18. The molecule has 2 rings (SSSR count). The van der Waals surface area contributed by atoms with Crippen LogP contribution in [0.3, 0.4) is 0 Å². The minimum atomic E-state index is 0.485. The van der Waals surface area contributed by atoms with E-state index in [-0.39, 0.29) is 0 Å². The number of hydrogen-bond donors (Lipinski definition) is 2. The first-order valence-corrected chi connectivity index (χ1v) is 6.84. The van der Waals surface area contributed by atoms with Gasteiger partial charge in [0.2, 0.25) is 11.6 Å². The van der Waals surface area contributed by atoms with Crippen LogP contribution in [0.1, 0.15) is 0 Å². The predicted molar refractivity (Wildman–Crippen MR) is 81.5 cm³/mol. The van der Waals surface area contributed by atoms with Gasteiger partial charge in [-0.3, -0.25) is 0 Å². The molecule has 21 heavy (non-hydrogen) atoms. The summed E-state index contributed by atoms with van der Waals surface area (Å²) >= 11 is 0. The lowest BCUT2D eigenvalue weighted by Gasteiger charge is -2.35. The van der Waals surface area contributed by atoms with Crippen molar-refractivity contribution in [2.45, 2.75) is 0 Å². The van der Waals surface area contributed by atoms with Gasteiger partial charge in [-0.05, 0) is 38.5 Å². The summed E-state index contributed by atoms with van der Waals surface area (Å²) in [6.45, 7) is 2.97. The molecule has 0 spiro atoms. The van der Waals surface area contributed by atoms with Crippen molar-refractivity contribution >= 4 is 11.6 Å². The van der Waals surface area contributed by atoms with Gasteiger partial charge in [-0.15, -0.1) is 0 Å². The second-order valence-corrected chi connectivity index (χ2v) is 5.59. The summed E-state index contributed by atoms with van der Waals surface area (Å²) in [5.74, 6) is 2.20. The van der Waals surface area contributed by atoms with Crippen LogP contribution in [0.5, 0.6) is 0 Å². The molecule has 0 aliphatic carbocycles. The van der Waals surface area contributed by atoms with Gasteiger partial charge in [0.05, 0.1) is 0 Å². The molecule has 1 aromatic rings. The van der Waals surface area contributed by atoms with Gasteiger partial charge in [-0.1, -0.05) is 0 Å². The highest BCUT2D eigenvalue weighted by molar-refractivity contribution is 5.70. The van der Waals surface area contributed by atoms with Crippen LogP contribution >= 0.6 is 0 Å². The highest BCUT2D eigenvalue weighted by Crippen LogP contribution is 2.33. The Morgan fingerprint density at radius 2 is 1.24 bits per heavy atom. The van der Waals surface area contributed by atoms with Gasteiger partial charge in [-0.2, -0.15) is 0 Å². The second kappa shape index (κ2) is 6.19. The number of fused-ring (bicyclic) bond motifs is 1. The largest absolute Gasteiger partial charge is 0.382 e.